The standard InChI is InChI=1S/C15H21FN2O/c16-14-5-1-3-12(9-14)4-2-6-15(19)18-11-13-7-8-17-10-13/h1,3,5,9,13,17H,2,4,6-8,10-11H2,(H,18,19). The average molecular weight is 264 g/mol. The number of rotatable bonds is 6. The summed E-state index contributed by atoms with van der Waals surface area (Å²) in [5, 5.41) is 6.25. The van der Waals surface area contributed by atoms with Crippen LogP contribution in [0, 0.1) is 11.7 Å². The molecule has 1 atom stereocenters. The fraction of sp³-hybridized carbons (Fsp3) is 0.533. The Morgan fingerprint density at radius 1 is 1.47 bits per heavy atom. The highest BCUT2D eigenvalue weighted by Gasteiger charge is 2.14. The van der Waals surface area contributed by atoms with Crippen LogP contribution in [0.25, 0.3) is 0 Å². The van der Waals surface area contributed by atoms with E-state index in [0.29, 0.717) is 12.3 Å². The SMILES string of the molecule is O=C(CCCc1cccc(F)c1)NCC1CCNC1. The molecule has 3 nitrogen and oxygen atoms in total. The Morgan fingerprint density at radius 2 is 2.37 bits per heavy atom. The van der Waals surface area contributed by atoms with Crippen LogP contribution in [0.1, 0.15) is 24.8 Å². The van der Waals surface area contributed by atoms with Gasteiger partial charge in [-0.2, -0.15) is 0 Å². The van der Waals surface area contributed by atoms with E-state index in [-0.39, 0.29) is 11.7 Å². The Hall–Kier alpha value is -1.42. The summed E-state index contributed by atoms with van der Waals surface area (Å²) >= 11 is 0. The minimum Gasteiger partial charge on any atom is -0.356 e. The molecule has 1 heterocycles. The zero-order chi connectivity index (χ0) is 13.5. The van der Waals surface area contributed by atoms with Gasteiger partial charge in [-0.15, -0.1) is 0 Å². The predicted molar refractivity (Wildman–Crippen MR) is 73.3 cm³/mol. The Morgan fingerprint density at radius 3 is 3.11 bits per heavy atom. The lowest BCUT2D eigenvalue weighted by atomic mass is 10.1. The van der Waals surface area contributed by atoms with Crippen molar-refractivity contribution in [2.75, 3.05) is 19.6 Å². The van der Waals surface area contributed by atoms with E-state index in [1.165, 1.54) is 12.1 Å². The number of aryl methyl sites for hydroxylation is 1. The molecule has 1 unspecified atom stereocenters. The van der Waals surface area contributed by atoms with E-state index in [0.717, 1.165) is 44.5 Å². The zero-order valence-electron chi connectivity index (χ0n) is 11.1. The lowest BCUT2D eigenvalue weighted by Gasteiger charge is -2.10. The van der Waals surface area contributed by atoms with E-state index in [1.807, 2.05) is 6.07 Å². The first kappa shape index (κ1) is 14.0. The Bertz CT molecular complexity index is 416. The van der Waals surface area contributed by atoms with E-state index < -0.39 is 0 Å². The summed E-state index contributed by atoms with van der Waals surface area (Å²) in [5.41, 5.74) is 0.952. The number of carbonyl (C=O) groups excluding carboxylic acids is 1. The van der Waals surface area contributed by atoms with Crippen molar-refractivity contribution in [2.24, 2.45) is 5.92 Å². The lowest BCUT2D eigenvalue weighted by molar-refractivity contribution is -0.121. The molecule has 4 heteroatoms. The minimum atomic E-state index is -0.212. The molecule has 0 saturated carbocycles. The third-order valence-electron chi connectivity index (χ3n) is 3.51. The summed E-state index contributed by atoms with van der Waals surface area (Å²) in [7, 11) is 0. The van der Waals surface area contributed by atoms with Crippen LogP contribution in [0.4, 0.5) is 4.39 Å². The molecular weight excluding hydrogens is 243 g/mol. The van der Waals surface area contributed by atoms with Gasteiger partial charge in [-0.05, 0) is 56.0 Å². The van der Waals surface area contributed by atoms with Gasteiger partial charge in [0.25, 0.3) is 0 Å². The second-order valence-electron chi connectivity index (χ2n) is 5.15. The van der Waals surface area contributed by atoms with Crippen LogP contribution in [-0.2, 0) is 11.2 Å². The van der Waals surface area contributed by atoms with Gasteiger partial charge in [-0.1, -0.05) is 12.1 Å². The van der Waals surface area contributed by atoms with Crippen molar-refractivity contribution in [1.29, 1.82) is 0 Å². The number of hydrogen-bond donors (Lipinski definition) is 2. The first-order chi connectivity index (χ1) is 9.24. The number of carbonyl (C=O) groups is 1. The van der Waals surface area contributed by atoms with E-state index in [9.17, 15) is 9.18 Å². The summed E-state index contributed by atoms with van der Waals surface area (Å²) in [6.07, 6.45) is 3.16. The van der Waals surface area contributed by atoms with Crippen LogP contribution in [-0.4, -0.2) is 25.5 Å². The molecule has 1 aromatic carbocycles. The van der Waals surface area contributed by atoms with Crippen molar-refractivity contribution in [1.82, 2.24) is 10.6 Å². The number of halogens is 1. The van der Waals surface area contributed by atoms with Crippen LogP contribution >= 0.6 is 0 Å². The summed E-state index contributed by atoms with van der Waals surface area (Å²) in [4.78, 5) is 11.7. The van der Waals surface area contributed by atoms with Crippen LogP contribution in [0.2, 0.25) is 0 Å². The molecule has 104 valence electrons. The van der Waals surface area contributed by atoms with Crippen molar-refractivity contribution >= 4 is 5.91 Å². The van der Waals surface area contributed by atoms with Gasteiger partial charge in [0, 0.05) is 13.0 Å². The van der Waals surface area contributed by atoms with Crippen molar-refractivity contribution in [3.05, 3.63) is 35.6 Å². The maximum absolute atomic E-state index is 13.0. The monoisotopic (exact) mass is 264 g/mol. The van der Waals surface area contributed by atoms with E-state index in [4.69, 9.17) is 0 Å². The minimum absolute atomic E-state index is 0.100. The van der Waals surface area contributed by atoms with Crippen LogP contribution in [0.5, 0.6) is 0 Å². The Kier molecular flexibility index (Phi) is 5.33. The molecule has 0 bridgehead atoms. The quantitative estimate of drug-likeness (QED) is 0.823. The second kappa shape index (κ2) is 7.24. The number of benzene rings is 1. The van der Waals surface area contributed by atoms with Gasteiger partial charge in [-0.3, -0.25) is 4.79 Å². The van der Waals surface area contributed by atoms with Crippen molar-refractivity contribution in [3.63, 3.8) is 0 Å². The largest absolute Gasteiger partial charge is 0.356 e. The Labute approximate surface area is 113 Å². The third kappa shape index (κ3) is 4.99. The van der Waals surface area contributed by atoms with E-state index in [2.05, 4.69) is 10.6 Å². The number of nitrogens with one attached hydrogen (secondary N) is 2. The van der Waals surface area contributed by atoms with Gasteiger partial charge in [0.2, 0.25) is 5.91 Å². The summed E-state index contributed by atoms with van der Waals surface area (Å²) in [5.74, 6) is 0.464. The highest BCUT2D eigenvalue weighted by atomic mass is 19.1. The van der Waals surface area contributed by atoms with Gasteiger partial charge in [0.05, 0.1) is 0 Å². The van der Waals surface area contributed by atoms with Crippen molar-refractivity contribution < 1.29 is 9.18 Å². The topological polar surface area (TPSA) is 41.1 Å². The van der Waals surface area contributed by atoms with Gasteiger partial charge < -0.3 is 10.6 Å². The lowest BCUT2D eigenvalue weighted by Crippen LogP contribution is -2.30. The first-order valence-corrected chi connectivity index (χ1v) is 6.96. The zero-order valence-corrected chi connectivity index (χ0v) is 11.1. The van der Waals surface area contributed by atoms with Gasteiger partial charge >= 0.3 is 0 Å². The third-order valence-corrected chi connectivity index (χ3v) is 3.51. The molecule has 0 aromatic heterocycles. The predicted octanol–water partition coefficient (Wildman–Crippen LogP) is 1.87. The Balaban J connectivity index is 1.60. The highest BCUT2D eigenvalue weighted by Crippen LogP contribution is 2.08. The summed E-state index contributed by atoms with van der Waals surface area (Å²) in [6.45, 7) is 2.83. The number of hydrogen-bond acceptors (Lipinski definition) is 2. The van der Waals surface area contributed by atoms with E-state index in [1.54, 1.807) is 6.07 Å². The second-order valence-corrected chi connectivity index (χ2v) is 5.15. The molecule has 1 aliphatic heterocycles. The molecule has 0 aliphatic carbocycles. The van der Waals surface area contributed by atoms with E-state index >= 15 is 0 Å². The van der Waals surface area contributed by atoms with Gasteiger partial charge in [-0.25, -0.2) is 4.39 Å². The van der Waals surface area contributed by atoms with Gasteiger partial charge in [0.1, 0.15) is 5.82 Å². The smallest absolute Gasteiger partial charge is 0.220 e. The average Bonchev–Trinajstić information content (AvgIpc) is 2.89. The molecule has 1 fully saturated rings. The molecule has 0 radical (unpaired) electrons. The molecule has 1 amide bonds. The first-order valence-electron chi connectivity index (χ1n) is 6.96. The van der Waals surface area contributed by atoms with Crippen molar-refractivity contribution in [2.45, 2.75) is 25.7 Å². The molecular formula is C15H21FN2O. The maximum Gasteiger partial charge on any atom is 0.220 e. The fourth-order valence-electron chi connectivity index (χ4n) is 2.38. The maximum atomic E-state index is 13.0. The molecule has 2 N–H and O–H groups in total. The molecule has 19 heavy (non-hydrogen) atoms. The summed E-state index contributed by atoms with van der Waals surface area (Å²) in [6, 6.07) is 6.57. The van der Waals surface area contributed by atoms with Crippen LogP contribution in [0.15, 0.2) is 24.3 Å². The number of amides is 1. The molecule has 2 rings (SSSR count). The van der Waals surface area contributed by atoms with Gasteiger partial charge in [0.15, 0.2) is 0 Å². The highest BCUT2D eigenvalue weighted by molar-refractivity contribution is 5.75. The molecule has 1 saturated heterocycles. The summed E-state index contributed by atoms with van der Waals surface area (Å²) < 4.78 is 13.0. The molecule has 0 spiro atoms. The van der Waals surface area contributed by atoms with Crippen molar-refractivity contribution in [3.8, 4) is 0 Å². The van der Waals surface area contributed by atoms with Crippen LogP contribution < -0.4 is 10.6 Å². The van der Waals surface area contributed by atoms with Crippen LogP contribution in [0.3, 0.4) is 0 Å². The fourth-order valence-corrected chi connectivity index (χ4v) is 2.38. The molecule has 1 aromatic rings. The normalized spacial score (nSPS) is 18.5. The molecule has 1 aliphatic rings.